The van der Waals surface area contributed by atoms with Crippen LogP contribution in [0.4, 0.5) is 11.4 Å². The smallest absolute Gasteiger partial charge is 0.208 e. The highest BCUT2D eigenvalue weighted by molar-refractivity contribution is 7.99. The summed E-state index contributed by atoms with van der Waals surface area (Å²) in [6.07, 6.45) is 7.15. The van der Waals surface area contributed by atoms with Gasteiger partial charge in [-0.2, -0.15) is 11.8 Å². The Morgan fingerprint density at radius 3 is 2.78 bits per heavy atom. The normalized spacial score (nSPS) is 19.8. The molecule has 1 amide bonds. The van der Waals surface area contributed by atoms with E-state index in [9.17, 15) is 9.59 Å². The largest absolute Gasteiger partial charge is 0.368 e. The molecule has 5 N–H and O–H groups in total. The predicted octanol–water partition coefficient (Wildman–Crippen LogP) is 3.40. The molecule has 7 nitrogen and oxygen atoms in total. The van der Waals surface area contributed by atoms with Crippen LogP contribution in [0, 0.1) is 5.92 Å². The van der Waals surface area contributed by atoms with Crippen LogP contribution < -0.4 is 21.8 Å². The molecule has 0 saturated carbocycles. The fourth-order valence-electron chi connectivity index (χ4n) is 4.22. The third-order valence-corrected chi connectivity index (χ3v) is 6.99. The summed E-state index contributed by atoms with van der Waals surface area (Å²) in [6, 6.07) is 9.77. The maximum atomic E-state index is 13.3. The molecule has 2 atom stereocenters. The number of nitrogens with zero attached hydrogens (tertiary/aromatic N) is 1. The number of carbonyl (C=O) groups excluding carboxylic acids is 2. The van der Waals surface area contributed by atoms with Crippen molar-refractivity contribution in [3.8, 4) is 0 Å². The maximum Gasteiger partial charge on any atom is 0.208 e. The summed E-state index contributed by atoms with van der Waals surface area (Å²) < 4.78 is 1.66. The number of nitrogens with two attached hydrogens (primary N) is 1. The third kappa shape index (κ3) is 4.55. The molecule has 1 aromatic carbocycles. The van der Waals surface area contributed by atoms with E-state index in [0.717, 1.165) is 40.5 Å². The number of allylic oxidation sites excluding steroid dienone is 2. The van der Waals surface area contributed by atoms with E-state index in [1.807, 2.05) is 54.2 Å². The zero-order chi connectivity index (χ0) is 22.7. The summed E-state index contributed by atoms with van der Waals surface area (Å²) in [5.74, 6) is 7.95. The standard InChI is InChI=1S/C24H29N5O2S/c1-15(2)32-13-16-10-19-22(20(31)11-16)23(28-18-6-4-3-5-7-18)24(29(19)25)17-8-9-26-21(12-17)27-14-30/h3-9,12,14-16,21,26,28H,10-11,13,25H2,1-2H3,(H,27,30). The molecule has 1 aliphatic carbocycles. The maximum absolute atomic E-state index is 13.3. The van der Waals surface area contributed by atoms with Gasteiger partial charge in [0.25, 0.3) is 0 Å². The zero-order valence-electron chi connectivity index (χ0n) is 18.3. The molecule has 2 aliphatic rings. The topological polar surface area (TPSA) is 101 Å². The van der Waals surface area contributed by atoms with Gasteiger partial charge in [-0.1, -0.05) is 32.0 Å². The Morgan fingerprint density at radius 1 is 1.28 bits per heavy atom. The van der Waals surface area contributed by atoms with Crippen molar-refractivity contribution >= 4 is 40.9 Å². The molecule has 2 unspecified atom stereocenters. The number of benzene rings is 1. The lowest BCUT2D eigenvalue weighted by molar-refractivity contribution is -0.110. The second-order valence-electron chi connectivity index (χ2n) is 8.37. The molecule has 0 fully saturated rings. The van der Waals surface area contributed by atoms with E-state index in [1.54, 1.807) is 10.9 Å². The SMILES string of the molecule is CC(C)SCC1CC(=O)c2c(Nc3ccccc3)c(C3=CC(NC=O)NC=C3)n(N)c2C1. The van der Waals surface area contributed by atoms with Crippen molar-refractivity contribution < 1.29 is 9.59 Å². The molecule has 2 aromatic rings. The van der Waals surface area contributed by atoms with Gasteiger partial charge in [-0.25, -0.2) is 0 Å². The molecule has 4 rings (SSSR count). The fraction of sp³-hybridized carbons (Fsp3) is 0.333. The summed E-state index contributed by atoms with van der Waals surface area (Å²) in [5, 5.41) is 9.76. The monoisotopic (exact) mass is 451 g/mol. The first kappa shape index (κ1) is 22.1. The fourth-order valence-corrected chi connectivity index (χ4v) is 5.11. The van der Waals surface area contributed by atoms with Gasteiger partial charge < -0.3 is 21.8 Å². The van der Waals surface area contributed by atoms with Gasteiger partial charge in [0.15, 0.2) is 5.78 Å². The second-order valence-corrected chi connectivity index (χ2v) is 9.98. The van der Waals surface area contributed by atoms with Gasteiger partial charge >= 0.3 is 0 Å². The predicted molar refractivity (Wildman–Crippen MR) is 131 cm³/mol. The number of para-hydroxylation sites is 1. The number of amides is 1. The number of nitrogen functional groups attached to an aromatic ring is 1. The number of dihydropyridines is 1. The van der Waals surface area contributed by atoms with Crippen molar-refractivity contribution in [2.75, 3.05) is 16.9 Å². The third-order valence-electron chi connectivity index (χ3n) is 5.66. The van der Waals surface area contributed by atoms with Gasteiger partial charge in [0.1, 0.15) is 6.17 Å². The first-order valence-corrected chi connectivity index (χ1v) is 11.9. The van der Waals surface area contributed by atoms with Crippen LogP contribution in [-0.2, 0) is 11.2 Å². The molecule has 8 heteroatoms. The number of Topliss-reactive ketones (excluding diaryl/α,β-unsaturated/α-hetero) is 1. The van der Waals surface area contributed by atoms with Crippen LogP contribution in [0.15, 0.2) is 48.7 Å². The quantitative estimate of drug-likeness (QED) is 0.363. The second kappa shape index (κ2) is 9.56. The molecular formula is C24H29N5O2S. The molecule has 0 spiro atoms. The van der Waals surface area contributed by atoms with Crippen LogP contribution in [0.3, 0.4) is 0 Å². The molecule has 32 heavy (non-hydrogen) atoms. The summed E-state index contributed by atoms with van der Waals surface area (Å²) in [6.45, 7) is 4.35. The van der Waals surface area contributed by atoms with E-state index < -0.39 is 0 Å². The molecule has 168 valence electrons. The molecule has 2 heterocycles. The van der Waals surface area contributed by atoms with Gasteiger partial charge in [-0.15, -0.1) is 0 Å². The van der Waals surface area contributed by atoms with Crippen molar-refractivity contribution in [1.29, 1.82) is 0 Å². The van der Waals surface area contributed by atoms with Crippen molar-refractivity contribution in [2.45, 2.75) is 38.1 Å². The molecule has 1 aliphatic heterocycles. The van der Waals surface area contributed by atoms with E-state index in [2.05, 4.69) is 29.8 Å². The van der Waals surface area contributed by atoms with Crippen LogP contribution in [0.1, 0.15) is 42.0 Å². The van der Waals surface area contributed by atoms with E-state index in [-0.39, 0.29) is 17.9 Å². The zero-order valence-corrected chi connectivity index (χ0v) is 19.1. The Morgan fingerprint density at radius 2 is 2.06 bits per heavy atom. The van der Waals surface area contributed by atoms with Gasteiger partial charge in [0.2, 0.25) is 6.41 Å². The summed E-state index contributed by atoms with van der Waals surface area (Å²) in [7, 11) is 0. The Kier molecular flexibility index (Phi) is 6.60. The molecule has 0 bridgehead atoms. The van der Waals surface area contributed by atoms with Crippen molar-refractivity contribution in [3.05, 3.63) is 65.6 Å². The van der Waals surface area contributed by atoms with E-state index in [4.69, 9.17) is 5.84 Å². The molecular weight excluding hydrogens is 422 g/mol. The first-order chi connectivity index (χ1) is 15.5. The number of fused-ring (bicyclic) bond motifs is 1. The van der Waals surface area contributed by atoms with Gasteiger partial charge in [0.05, 0.1) is 22.6 Å². The number of thioether (sulfide) groups is 1. The Balaban J connectivity index is 1.79. The number of rotatable bonds is 8. The number of hydrogen-bond donors (Lipinski definition) is 4. The first-order valence-electron chi connectivity index (χ1n) is 10.8. The Hall–Kier alpha value is -3.13. The number of nitrogens with one attached hydrogen (secondary N) is 3. The van der Waals surface area contributed by atoms with E-state index >= 15 is 0 Å². The lowest BCUT2D eigenvalue weighted by Crippen LogP contribution is -2.38. The molecule has 0 radical (unpaired) electrons. The van der Waals surface area contributed by atoms with Gasteiger partial charge in [-0.3, -0.25) is 14.3 Å². The highest BCUT2D eigenvalue weighted by Gasteiger charge is 2.34. The number of carbonyl (C=O) groups is 2. The average Bonchev–Trinajstić information content (AvgIpc) is 3.05. The molecule has 1 aromatic heterocycles. The van der Waals surface area contributed by atoms with Crippen LogP contribution in [0.2, 0.25) is 0 Å². The van der Waals surface area contributed by atoms with E-state index in [0.29, 0.717) is 23.6 Å². The Labute approximate surface area is 192 Å². The lowest BCUT2D eigenvalue weighted by atomic mass is 9.87. The lowest BCUT2D eigenvalue weighted by Gasteiger charge is -2.23. The average molecular weight is 452 g/mol. The minimum absolute atomic E-state index is 0.116. The van der Waals surface area contributed by atoms with Crippen LogP contribution in [0.25, 0.3) is 5.57 Å². The van der Waals surface area contributed by atoms with Crippen LogP contribution in [0.5, 0.6) is 0 Å². The van der Waals surface area contributed by atoms with Crippen LogP contribution >= 0.6 is 11.8 Å². The summed E-state index contributed by atoms with van der Waals surface area (Å²) >= 11 is 1.88. The number of hydrogen-bond acceptors (Lipinski definition) is 6. The van der Waals surface area contributed by atoms with Crippen molar-refractivity contribution in [2.24, 2.45) is 5.92 Å². The number of anilines is 2. The minimum atomic E-state index is -0.352. The number of aromatic nitrogens is 1. The highest BCUT2D eigenvalue weighted by atomic mass is 32.2. The highest BCUT2D eigenvalue weighted by Crippen LogP contribution is 2.40. The Bertz CT molecular complexity index is 1060. The van der Waals surface area contributed by atoms with Gasteiger partial charge in [0, 0.05) is 17.7 Å². The minimum Gasteiger partial charge on any atom is -0.368 e. The number of ketones is 1. The van der Waals surface area contributed by atoms with E-state index in [1.165, 1.54) is 0 Å². The summed E-state index contributed by atoms with van der Waals surface area (Å²) in [4.78, 5) is 24.3. The molecule has 0 saturated heterocycles. The van der Waals surface area contributed by atoms with Crippen molar-refractivity contribution in [3.63, 3.8) is 0 Å². The summed E-state index contributed by atoms with van der Waals surface area (Å²) in [5.41, 5.74) is 4.70. The van der Waals surface area contributed by atoms with Crippen molar-refractivity contribution in [1.82, 2.24) is 15.3 Å². The van der Waals surface area contributed by atoms with Gasteiger partial charge in [-0.05, 0) is 53.8 Å². The van der Waals surface area contributed by atoms with Crippen LogP contribution in [-0.4, -0.2) is 34.0 Å².